The van der Waals surface area contributed by atoms with E-state index in [2.05, 4.69) is 29.5 Å². The van der Waals surface area contributed by atoms with Crippen molar-refractivity contribution in [2.24, 2.45) is 11.7 Å². The molecule has 0 aliphatic carbocycles. The van der Waals surface area contributed by atoms with Gasteiger partial charge in [-0.1, -0.05) is 39.5 Å². The number of unbranched alkanes of at least 4 members (excludes halogenated alkanes) is 3. The molecule has 0 unspecified atom stereocenters. The highest BCUT2D eigenvalue weighted by molar-refractivity contribution is 7.09. The Bertz CT molecular complexity index is 310. The maximum atomic E-state index is 5.53. The van der Waals surface area contributed by atoms with E-state index in [1.165, 1.54) is 32.1 Å². The molecule has 1 aromatic rings. The third-order valence-corrected chi connectivity index (χ3v) is 3.89. The van der Waals surface area contributed by atoms with E-state index in [4.69, 9.17) is 5.73 Å². The Labute approximate surface area is 115 Å². The molecule has 1 heterocycles. The normalized spacial score (nSPS) is 11.3. The van der Waals surface area contributed by atoms with Gasteiger partial charge >= 0.3 is 0 Å². The Morgan fingerprint density at radius 1 is 1.28 bits per heavy atom. The number of thiazole rings is 1. The molecular formula is C14H27N3S. The standard InChI is InChI=1S/C14H27N3S/c1-12(2)7-5-3-4-6-8-16-10-13-11-18-14(9-15)17-13/h11-12,16H,3-10,15H2,1-2H3. The first-order valence-corrected chi connectivity index (χ1v) is 7.94. The number of aromatic nitrogens is 1. The molecular weight excluding hydrogens is 242 g/mol. The van der Waals surface area contributed by atoms with Crippen LogP contribution in [0.3, 0.4) is 0 Å². The molecule has 0 radical (unpaired) electrons. The molecule has 0 saturated heterocycles. The molecule has 3 N–H and O–H groups in total. The lowest BCUT2D eigenvalue weighted by atomic mass is 10.0. The molecule has 4 heteroatoms. The van der Waals surface area contributed by atoms with Gasteiger partial charge in [0.15, 0.2) is 0 Å². The number of rotatable bonds is 10. The van der Waals surface area contributed by atoms with Gasteiger partial charge in [0.2, 0.25) is 0 Å². The maximum absolute atomic E-state index is 5.53. The van der Waals surface area contributed by atoms with Crippen LogP contribution in [0.4, 0.5) is 0 Å². The first kappa shape index (κ1) is 15.6. The van der Waals surface area contributed by atoms with E-state index in [0.717, 1.165) is 29.7 Å². The fourth-order valence-electron chi connectivity index (χ4n) is 1.90. The Hall–Kier alpha value is -0.450. The second kappa shape index (κ2) is 9.48. The van der Waals surface area contributed by atoms with E-state index in [-0.39, 0.29) is 0 Å². The van der Waals surface area contributed by atoms with Gasteiger partial charge in [0, 0.05) is 18.5 Å². The highest BCUT2D eigenvalue weighted by Gasteiger charge is 1.99. The lowest BCUT2D eigenvalue weighted by molar-refractivity contribution is 0.511. The van der Waals surface area contributed by atoms with Crippen molar-refractivity contribution in [2.45, 2.75) is 59.0 Å². The summed E-state index contributed by atoms with van der Waals surface area (Å²) in [6.45, 7) is 7.12. The van der Waals surface area contributed by atoms with Gasteiger partial charge in [0.05, 0.1) is 5.69 Å². The summed E-state index contributed by atoms with van der Waals surface area (Å²) in [4.78, 5) is 4.43. The van der Waals surface area contributed by atoms with Crippen molar-refractivity contribution < 1.29 is 0 Å². The lowest BCUT2D eigenvalue weighted by Crippen LogP contribution is -2.15. The Kier molecular flexibility index (Phi) is 8.22. The van der Waals surface area contributed by atoms with Crippen molar-refractivity contribution in [3.63, 3.8) is 0 Å². The SMILES string of the molecule is CC(C)CCCCCCNCc1csc(CN)n1. The van der Waals surface area contributed by atoms with Crippen molar-refractivity contribution in [1.29, 1.82) is 0 Å². The van der Waals surface area contributed by atoms with Crippen LogP contribution >= 0.6 is 11.3 Å². The quantitative estimate of drug-likeness (QED) is 0.641. The molecule has 0 amide bonds. The van der Waals surface area contributed by atoms with Crippen LogP contribution in [0.5, 0.6) is 0 Å². The molecule has 18 heavy (non-hydrogen) atoms. The van der Waals surface area contributed by atoms with Crippen LogP contribution in [0.15, 0.2) is 5.38 Å². The van der Waals surface area contributed by atoms with Gasteiger partial charge in [-0.25, -0.2) is 4.98 Å². The zero-order valence-corrected chi connectivity index (χ0v) is 12.6. The minimum atomic E-state index is 0.556. The summed E-state index contributed by atoms with van der Waals surface area (Å²) >= 11 is 1.65. The average Bonchev–Trinajstić information content (AvgIpc) is 2.80. The maximum Gasteiger partial charge on any atom is 0.106 e. The average molecular weight is 269 g/mol. The largest absolute Gasteiger partial charge is 0.325 e. The predicted molar refractivity (Wildman–Crippen MR) is 79.6 cm³/mol. The van der Waals surface area contributed by atoms with Crippen molar-refractivity contribution >= 4 is 11.3 Å². The summed E-state index contributed by atoms with van der Waals surface area (Å²) in [6, 6.07) is 0. The van der Waals surface area contributed by atoms with Gasteiger partial charge in [0.1, 0.15) is 5.01 Å². The summed E-state index contributed by atoms with van der Waals surface area (Å²) in [7, 11) is 0. The molecule has 104 valence electrons. The van der Waals surface area contributed by atoms with Crippen LogP contribution in [0, 0.1) is 5.92 Å². The van der Waals surface area contributed by atoms with Crippen LogP contribution in [-0.4, -0.2) is 11.5 Å². The van der Waals surface area contributed by atoms with Crippen LogP contribution in [0.25, 0.3) is 0 Å². The van der Waals surface area contributed by atoms with Gasteiger partial charge < -0.3 is 11.1 Å². The molecule has 3 nitrogen and oxygen atoms in total. The molecule has 0 aromatic carbocycles. The smallest absolute Gasteiger partial charge is 0.106 e. The van der Waals surface area contributed by atoms with Crippen LogP contribution in [-0.2, 0) is 13.1 Å². The molecule has 1 aromatic heterocycles. The molecule has 0 fully saturated rings. The third kappa shape index (κ3) is 7.09. The molecule has 0 atom stereocenters. The fraction of sp³-hybridized carbons (Fsp3) is 0.786. The minimum absolute atomic E-state index is 0.556. The number of nitrogens with two attached hydrogens (primary N) is 1. The molecule has 0 spiro atoms. The molecule has 0 bridgehead atoms. The monoisotopic (exact) mass is 269 g/mol. The summed E-state index contributed by atoms with van der Waals surface area (Å²) in [5.41, 5.74) is 6.66. The molecule has 1 rings (SSSR count). The van der Waals surface area contributed by atoms with Crippen molar-refractivity contribution in [3.8, 4) is 0 Å². The zero-order chi connectivity index (χ0) is 13.2. The Morgan fingerprint density at radius 2 is 2.06 bits per heavy atom. The fourth-order valence-corrected chi connectivity index (χ4v) is 2.57. The van der Waals surface area contributed by atoms with E-state index < -0.39 is 0 Å². The second-order valence-corrected chi connectivity index (χ2v) is 6.15. The topological polar surface area (TPSA) is 50.9 Å². The summed E-state index contributed by atoms with van der Waals surface area (Å²) in [5, 5.41) is 6.57. The minimum Gasteiger partial charge on any atom is -0.325 e. The summed E-state index contributed by atoms with van der Waals surface area (Å²) in [6.07, 6.45) is 6.72. The number of nitrogens with one attached hydrogen (secondary N) is 1. The van der Waals surface area contributed by atoms with Crippen LogP contribution in [0.2, 0.25) is 0 Å². The highest BCUT2D eigenvalue weighted by atomic mass is 32.1. The zero-order valence-electron chi connectivity index (χ0n) is 11.7. The van der Waals surface area contributed by atoms with E-state index in [1.807, 2.05) is 0 Å². The van der Waals surface area contributed by atoms with Crippen molar-refractivity contribution in [2.75, 3.05) is 6.54 Å². The number of hydrogen-bond donors (Lipinski definition) is 2. The van der Waals surface area contributed by atoms with E-state index in [1.54, 1.807) is 11.3 Å². The van der Waals surface area contributed by atoms with Crippen molar-refractivity contribution in [1.82, 2.24) is 10.3 Å². The molecule has 0 aliphatic rings. The van der Waals surface area contributed by atoms with Crippen LogP contribution in [0.1, 0.15) is 56.7 Å². The van der Waals surface area contributed by atoms with Crippen molar-refractivity contribution in [3.05, 3.63) is 16.1 Å². The second-order valence-electron chi connectivity index (χ2n) is 5.21. The Balaban J connectivity index is 1.92. The van der Waals surface area contributed by atoms with E-state index in [0.29, 0.717) is 6.54 Å². The highest BCUT2D eigenvalue weighted by Crippen LogP contribution is 2.10. The third-order valence-electron chi connectivity index (χ3n) is 2.97. The van der Waals surface area contributed by atoms with E-state index in [9.17, 15) is 0 Å². The van der Waals surface area contributed by atoms with Gasteiger partial charge in [-0.2, -0.15) is 0 Å². The molecule has 0 aliphatic heterocycles. The number of hydrogen-bond acceptors (Lipinski definition) is 4. The molecule has 0 saturated carbocycles. The van der Waals surface area contributed by atoms with Crippen LogP contribution < -0.4 is 11.1 Å². The first-order valence-electron chi connectivity index (χ1n) is 7.06. The summed E-state index contributed by atoms with van der Waals surface area (Å²) < 4.78 is 0. The van der Waals surface area contributed by atoms with Gasteiger partial charge in [0.25, 0.3) is 0 Å². The summed E-state index contributed by atoms with van der Waals surface area (Å²) in [5.74, 6) is 0.851. The Morgan fingerprint density at radius 3 is 2.72 bits per heavy atom. The van der Waals surface area contributed by atoms with Gasteiger partial charge in [-0.05, 0) is 18.9 Å². The first-order chi connectivity index (χ1) is 8.72. The predicted octanol–water partition coefficient (Wildman–Crippen LogP) is 3.30. The number of nitrogens with zero attached hydrogens (tertiary/aromatic N) is 1. The van der Waals surface area contributed by atoms with Gasteiger partial charge in [-0.3, -0.25) is 0 Å². The van der Waals surface area contributed by atoms with Gasteiger partial charge in [-0.15, -0.1) is 11.3 Å². The lowest BCUT2D eigenvalue weighted by Gasteiger charge is -2.05. The van der Waals surface area contributed by atoms with E-state index >= 15 is 0 Å².